The first kappa shape index (κ1) is 21.5. The van der Waals surface area contributed by atoms with Gasteiger partial charge in [0.1, 0.15) is 6.79 Å². The fourth-order valence-corrected chi connectivity index (χ4v) is 3.26. The van der Waals surface area contributed by atoms with E-state index in [2.05, 4.69) is 4.98 Å². The quantitative estimate of drug-likeness (QED) is 0.423. The molecular weight excluding hydrogens is 390 g/mol. The molecule has 1 aromatic heterocycles. The molecular formula is C22H25NO7. The number of rotatable bonds is 9. The molecule has 0 aliphatic heterocycles. The van der Waals surface area contributed by atoms with Gasteiger partial charge in [-0.3, -0.25) is 4.79 Å². The Labute approximate surface area is 174 Å². The minimum atomic E-state index is -0.248. The summed E-state index contributed by atoms with van der Waals surface area (Å²) in [4.78, 5) is 15.8. The molecule has 2 aromatic carbocycles. The second-order valence-corrected chi connectivity index (χ2v) is 6.43. The zero-order valence-electron chi connectivity index (χ0n) is 17.7. The number of benzene rings is 2. The van der Waals surface area contributed by atoms with Crippen molar-refractivity contribution in [1.29, 1.82) is 0 Å². The van der Waals surface area contributed by atoms with Crippen LogP contribution in [0.3, 0.4) is 0 Å². The summed E-state index contributed by atoms with van der Waals surface area (Å²) in [5, 5.41) is 1.21. The van der Waals surface area contributed by atoms with Crippen molar-refractivity contribution in [3.05, 3.63) is 46.2 Å². The van der Waals surface area contributed by atoms with Crippen LogP contribution in [-0.2, 0) is 16.1 Å². The highest BCUT2D eigenvalue weighted by Crippen LogP contribution is 2.37. The lowest BCUT2D eigenvalue weighted by atomic mass is 10.0. The van der Waals surface area contributed by atoms with Gasteiger partial charge >= 0.3 is 0 Å². The number of hydrogen-bond acceptors (Lipinski definition) is 7. The first-order valence-electron chi connectivity index (χ1n) is 9.17. The van der Waals surface area contributed by atoms with Crippen LogP contribution in [0, 0.1) is 0 Å². The Kier molecular flexibility index (Phi) is 6.81. The van der Waals surface area contributed by atoms with Crippen LogP contribution < -0.4 is 24.5 Å². The maximum Gasteiger partial charge on any atom is 0.256 e. The molecule has 0 saturated carbocycles. The van der Waals surface area contributed by atoms with Gasteiger partial charge in [-0.15, -0.1) is 0 Å². The predicted octanol–water partition coefficient (Wildman–Crippen LogP) is 3.35. The third-order valence-electron chi connectivity index (χ3n) is 4.71. The molecule has 0 fully saturated rings. The van der Waals surface area contributed by atoms with Crippen LogP contribution in [-0.4, -0.2) is 47.3 Å². The van der Waals surface area contributed by atoms with E-state index in [0.717, 1.165) is 11.1 Å². The monoisotopic (exact) mass is 415 g/mol. The number of methoxy groups -OCH3 is 5. The van der Waals surface area contributed by atoms with Crippen LogP contribution in [0.1, 0.15) is 5.56 Å². The zero-order valence-corrected chi connectivity index (χ0v) is 17.7. The van der Waals surface area contributed by atoms with Crippen molar-refractivity contribution in [3.63, 3.8) is 0 Å². The lowest BCUT2D eigenvalue weighted by Gasteiger charge is -2.16. The lowest BCUT2D eigenvalue weighted by Crippen LogP contribution is -2.09. The standard InChI is InChI=1S/C22H25NO7/c1-25-12-30-11-14-8-19(27-3)20(28-4)9-15(14)17-6-13-7-18(26-2)21(29-5)10-16(13)22(24)23-17/h6-10H,11-12H2,1-5H3,(H,23,24). The van der Waals surface area contributed by atoms with Gasteiger partial charge in [0.15, 0.2) is 23.0 Å². The Morgan fingerprint density at radius 1 is 0.767 bits per heavy atom. The number of aromatic amines is 1. The molecule has 0 bridgehead atoms. The first-order chi connectivity index (χ1) is 14.6. The maximum absolute atomic E-state index is 12.8. The van der Waals surface area contributed by atoms with E-state index in [1.165, 1.54) is 7.11 Å². The zero-order chi connectivity index (χ0) is 21.7. The number of hydrogen-bond donors (Lipinski definition) is 1. The van der Waals surface area contributed by atoms with E-state index in [9.17, 15) is 4.79 Å². The van der Waals surface area contributed by atoms with Gasteiger partial charge in [-0.05, 0) is 41.3 Å². The highest BCUT2D eigenvalue weighted by molar-refractivity contribution is 5.88. The summed E-state index contributed by atoms with van der Waals surface area (Å²) >= 11 is 0. The Morgan fingerprint density at radius 3 is 2.00 bits per heavy atom. The number of fused-ring (bicyclic) bond motifs is 1. The Bertz CT molecular complexity index is 1090. The van der Waals surface area contributed by atoms with Crippen molar-refractivity contribution in [2.24, 2.45) is 0 Å². The Balaban J connectivity index is 2.20. The summed E-state index contributed by atoms with van der Waals surface area (Å²) in [6.07, 6.45) is 0. The molecule has 1 heterocycles. The Hall–Kier alpha value is -3.23. The molecule has 160 valence electrons. The van der Waals surface area contributed by atoms with Gasteiger partial charge in [0.25, 0.3) is 5.56 Å². The number of pyridine rings is 1. The number of aromatic nitrogens is 1. The highest BCUT2D eigenvalue weighted by Gasteiger charge is 2.16. The molecule has 0 aliphatic carbocycles. The molecule has 8 nitrogen and oxygen atoms in total. The number of nitrogens with one attached hydrogen (secondary N) is 1. The van der Waals surface area contributed by atoms with E-state index < -0.39 is 0 Å². The smallest absolute Gasteiger partial charge is 0.256 e. The molecule has 30 heavy (non-hydrogen) atoms. The summed E-state index contributed by atoms with van der Waals surface area (Å²) in [7, 11) is 7.76. The summed E-state index contributed by atoms with van der Waals surface area (Å²) < 4.78 is 32.1. The van der Waals surface area contributed by atoms with E-state index in [-0.39, 0.29) is 19.0 Å². The average Bonchev–Trinajstić information content (AvgIpc) is 2.77. The maximum atomic E-state index is 12.8. The fourth-order valence-electron chi connectivity index (χ4n) is 3.26. The Morgan fingerprint density at radius 2 is 1.37 bits per heavy atom. The molecule has 0 saturated heterocycles. The topological polar surface area (TPSA) is 88.2 Å². The molecule has 8 heteroatoms. The summed E-state index contributed by atoms with van der Waals surface area (Å²) in [6, 6.07) is 8.94. The predicted molar refractivity (Wildman–Crippen MR) is 113 cm³/mol. The van der Waals surface area contributed by atoms with E-state index in [1.54, 1.807) is 40.6 Å². The van der Waals surface area contributed by atoms with Crippen molar-refractivity contribution in [3.8, 4) is 34.3 Å². The van der Waals surface area contributed by atoms with E-state index in [0.29, 0.717) is 39.5 Å². The minimum absolute atomic E-state index is 0.138. The minimum Gasteiger partial charge on any atom is -0.493 e. The highest BCUT2D eigenvalue weighted by atomic mass is 16.7. The van der Waals surface area contributed by atoms with E-state index in [4.69, 9.17) is 28.4 Å². The van der Waals surface area contributed by atoms with Gasteiger partial charge in [-0.25, -0.2) is 0 Å². The third kappa shape index (κ3) is 4.19. The SMILES string of the molecule is COCOCc1cc(OC)c(OC)cc1-c1cc2cc(OC)c(OC)cc2c(=O)[nH]1. The normalized spacial score (nSPS) is 10.8. The second-order valence-electron chi connectivity index (χ2n) is 6.43. The van der Waals surface area contributed by atoms with Crippen molar-refractivity contribution < 1.29 is 28.4 Å². The van der Waals surface area contributed by atoms with Gasteiger partial charge in [0, 0.05) is 18.4 Å². The van der Waals surface area contributed by atoms with Crippen LogP contribution in [0.25, 0.3) is 22.0 Å². The van der Waals surface area contributed by atoms with Crippen LogP contribution in [0.15, 0.2) is 35.1 Å². The van der Waals surface area contributed by atoms with Crippen molar-refractivity contribution in [2.45, 2.75) is 6.61 Å². The molecule has 1 N–H and O–H groups in total. The number of ether oxygens (including phenoxy) is 6. The van der Waals surface area contributed by atoms with E-state index in [1.807, 2.05) is 18.2 Å². The van der Waals surface area contributed by atoms with E-state index >= 15 is 0 Å². The van der Waals surface area contributed by atoms with Gasteiger partial charge in [0.2, 0.25) is 0 Å². The van der Waals surface area contributed by atoms with Crippen LogP contribution in [0.4, 0.5) is 0 Å². The second kappa shape index (κ2) is 9.51. The van der Waals surface area contributed by atoms with Gasteiger partial charge in [-0.2, -0.15) is 0 Å². The van der Waals surface area contributed by atoms with Crippen LogP contribution in [0.2, 0.25) is 0 Å². The molecule has 0 atom stereocenters. The molecule has 0 unspecified atom stereocenters. The molecule has 3 aromatic rings. The third-order valence-corrected chi connectivity index (χ3v) is 4.71. The average molecular weight is 415 g/mol. The van der Waals surface area contributed by atoms with Crippen molar-refractivity contribution >= 4 is 10.8 Å². The largest absolute Gasteiger partial charge is 0.493 e. The molecule has 0 spiro atoms. The molecule has 0 amide bonds. The summed E-state index contributed by atoms with van der Waals surface area (Å²) in [5.41, 5.74) is 1.91. The molecule has 3 rings (SSSR count). The van der Waals surface area contributed by atoms with Crippen molar-refractivity contribution in [1.82, 2.24) is 4.98 Å². The van der Waals surface area contributed by atoms with Crippen LogP contribution in [0.5, 0.6) is 23.0 Å². The summed E-state index contributed by atoms with van der Waals surface area (Å²) in [5.74, 6) is 2.13. The first-order valence-corrected chi connectivity index (χ1v) is 9.17. The summed E-state index contributed by atoms with van der Waals surface area (Å²) in [6.45, 7) is 0.397. The number of H-pyrrole nitrogens is 1. The van der Waals surface area contributed by atoms with Crippen LogP contribution >= 0.6 is 0 Å². The molecule has 0 aliphatic rings. The van der Waals surface area contributed by atoms with Crippen molar-refractivity contribution in [2.75, 3.05) is 42.3 Å². The van der Waals surface area contributed by atoms with Gasteiger partial charge in [-0.1, -0.05) is 0 Å². The molecule has 0 radical (unpaired) electrons. The fraction of sp³-hybridized carbons (Fsp3) is 0.318. The lowest BCUT2D eigenvalue weighted by molar-refractivity contribution is -0.0389. The van der Waals surface area contributed by atoms with Gasteiger partial charge < -0.3 is 33.4 Å². The van der Waals surface area contributed by atoms with Gasteiger partial charge in [0.05, 0.1) is 40.4 Å².